The van der Waals surface area contributed by atoms with Gasteiger partial charge in [-0.1, -0.05) is 44.4 Å². The van der Waals surface area contributed by atoms with Crippen LogP contribution in [0.4, 0.5) is 5.69 Å². The molecule has 33 heavy (non-hydrogen) atoms. The van der Waals surface area contributed by atoms with Crippen LogP contribution in [0.5, 0.6) is 5.75 Å². The van der Waals surface area contributed by atoms with Gasteiger partial charge in [0.05, 0.1) is 28.1 Å². The summed E-state index contributed by atoms with van der Waals surface area (Å²) in [6.07, 6.45) is 7.24. The SMILES string of the molecule is CC[C@@H](C)Oc1c(C=Nn2c(C3CCCCC3)nc3ccccc3c2=O)cccc1[N+](=O)[O-]. The minimum absolute atomic E-state index is 0.129. The van der Waals surface area contributed by atoms with E-state index in [1.54, 1.807) is 24.3 Å². The quantitative estimate of drug-likeness (QED) is 0.273. The summed E-state index contributed by atoms with van der Waals surface area (Å²) in [4.78, 5) is 29.3. The van der Waals surface area contributed by atoms with E-state index in [2.05, 4.69) is 5.10 Å². The van der Waals surface area contributed by atoms with E-state index in [0.29, 0.717) is 28.7 Å². The molecule has 0 saturated heterocycles. The summed E-state index contributed by atoms with van der Waals surface area (Å²) in [7, 11) is 0. The first kappa shape index (κ1) is 22.6. The van der Waals surface area contributed by atoms with Crippen LogP contribution in [0.3, 0.4) is 0 Å². The van der Waals surface area contributed by atoms with Crippen LogP contribution in [-0.4, -0.2) is 26.9 Å². The fourth-order valence-corrected chi connectivity index (χ4v) is 4.20. The largest absolute Gasteiger partial charge is 0.483 e. The minimum atomic E-state index is -0.466. The molecule has 1 aromatic heterocycles. The Balaban J connectivity index is 1.84. The summed E-state index contributed by atoms with van der Waals surface area (Å²) in [5, 5.41) is 16.6. The highest BCUT2D eigenvalue weighted by molar-refractivity contribution is 5.86. The molecule has 0 unspecified atom stereocenters. The van der Waals surface area contributed by atoms with Crippen molar-refractivity contribution in [1.82, 2.24) is 9.66 Å². The van der Waals surface area contributed by atoms with Gasteiger partial charge in [-0.15, -0.1) is 0 Å². The van der Waals surface area contributed by atoms with Gasteiger partial charge in [0.25, 0.3) is 5.56 Å². The van der Waals surface area contributed by atoms with Crippen molar-refractivity contribution in [1.29, 1.82) is 0 Å². The van der Waals surface area contributed by atoms with E-state index in [1.165, 1.54) is 23.4 Å². The number of hydrogen-bond acceptors (Lipinski definition) is 6. The maximum atomic E-state index is 13.4. The van der Waals surface area contributed by atoms with Crippen LogP contribution in [0.1, 0.15) is 69.7 Å². The zero-order chi connectivity index (χ0) is 23.4. The second kappa shape index (κ2) is 9.94. The Kier molecular flexibility index (Phi) is 6.82. The third-order valence-corrected chi connectivity index (χ3v) is 6.18. The Bertz CT molecular complexity index is 1240. The van der Waals surface area contributed by atoms with Crippen molar-refractivity contribution in [2.24, 2.45) is 5.10 Å². The molecule has 0 radical (unpaired) electrons. The Morgan fingerprint density at radius 3 is 2.70 bits per heavy atom. The first-order valence-electron chi connectivity index (χ1n) is 11.5. The minimum Gasteiger partial charge on any atom is -0.483 e. The van der Waals surface area contributed by atoms with Gasteiger partial charge in [0.15, 0.2) is 0 Å². The molecule has 1 aliphatic carbocycles. The Hall–Kier alpha value is -3.55. The van der Waals surface area contributed by atoms with E-state index < -0.39 is 4.92 Å². The fraction of sp³-hybridized carbons (Fsp3) is 0.400. The molecule has 8 heteroatoms. The van der Waals surface area contributed by atoms with Crippen molar-refractivity contribution in [2.75, 3.05) is 0 Å². The maximum Gasteiger partial charge on any atom is 0.311 e. The number of ether oxygens (including phenoxy) is 1. The maximum absolute atomic E-state index is 13.4. The van der Waals surface area contributed by atoms with Crippen LogP contribution in [0, 0.1) is 10.1 Å². The van der Waals surface area contributed by atoms with Gasteiger partial charge < -0.3 is 4.74 Å². The molecule has 0 amide bonds. The summed E-state index contributed by atoms with van der Waals surface area (Å²) < 4.78 is 7.25. The Morgan fingerprint density at radius 1 is 1.21 bits per heavy atom. The van der Waals surface area contributed by atoms with Crippen LogP contribution in [0.15, 0.2) is 52.4 Å². The van der Waals surface area contributed by atoms with E-state index in [1.807, 2.05) is 26.0 Å². The summed E-state index contributed by atoms with van der Waals surface area (Å²) in [5.74, 6) is 0.945. The topological polar surface area (TPSA) is 99.6 Å². The molecule has 0 aliphatic heterocycles. The van der Waals surface area contributed by atoms with E-state index in [9.17, 15) is 14.9 Å². The van der Waals surface area contributed by atoms with Gasteiger partial charge >= 0.3 is 5.69 Å². The fourth-order valence-electron chi connectivity index (χ4n) is 4.20. The molecular weight excluding hydrogens is 420 g/mol. The number of nitro groups is 1. The number of aromatic nitrogens is 2. The van der Waals surface area contributed by atoms with Gasteiger partial charge in [-0.2, -0.15) is 9.78 Å². The Morgan fingerprint density at radius 2 is 1.97 bits per heavy atom. The van der Waals surface area contributed by atoms with Crippen LogP contribution in [0.2, 0.25) is 0 Å². The van der Waals surface area contributed by atoms with Gasteiger partial charge in [-0.3, -0.25) is 14.9 Å². The molecule has 1 heterocycles. The van der Waals surface area contributed by atoms with Crippen molar-refractivity contribution in [2.45, 2.75) is 64.4 Å². The lowest BCUT2D eigenvalue weighted by Gasteiger charge is -2.22. The van der Waals surface area contributed by atoms with Crippen molar-refractivity contribution < 1.29 is 9.66 Å². The number of hydrogen-bond donors (Lipinski definition) is 0. The van der Waals surface area contributed by atoms with Gasteiger partial charge in [-0.05, 0) is 44.4 Å². The van der Waals surface area contributed by atoms with E-state index in [0.717, 1.165) is 25.7 Å². The van der Waals surface area contributed by atoms with E-state index in [-0.39, 0.29) is 29.0 Å². The summed E-state index contributed by atoms with van der Waals surface area (Å²) in [5.41, 5.74) is 0.729. The van der Waals surface area contributed by atoms with Crippen molar-refractivity contribution >= 4 is 22.8 Å². The third kappa shape index (κ3) is 4.79. The van der Waals surface area contributed by atoms with Gasteiger partial charge in [0, 0.05) is 17.5 Å². The first-order valence-corrected chi connectivity index (χ1v) is 11.5. The molecule has 1 atom stereocenters. The zero-order valence-corrected chi connectivity index (χ0v) is 18.9. The average molecular weight is 449 g/mol. The van der Waals surface area contributed by atoms with Crippen molar-refractivity contribution in [3.63, 3.8) is 0 Å². The first-order chi connectivity index (χ1) is 16.0. The molecular formula is C25H28N4O4. The van der Waals surface area contributed by atoms with Crippen molar-refractivity contribution in [3.8, 4) is 5.75 Å². The molecule has 1 fully saturated rings. The van der Waals surface area contributed by atoms with E-state index >= 15 is 0 Å². The number of fused-ring (bicyclic) bond motifs is 1. The second-order valence-corrected chi connectivity index (χ2v) is 8.47. The monoisotopic (exact) mass is 448 g/mol. The molecule has 0 bridgehead atoms. The molecule has 1 saturated carbocycles. The third-order valence-electron chi connectivity index (χ3n) is 6.18. The molecule has 8 nitrogen and oxygen atoms in total. The molecule has 0 spiro atoms. The lowest BCUT2D eigenvalue weighted by atomic mass is 9.88. The van der Waals surface area contributed by atoms with E-state index in [4.69, 9.17) is 9.72 Å². The van der Waals surface area contributed by atoms with Gasteiger partial charge in [0.2, 0.25) is 5.75 Å². The molecule has 3 aromatic rings. The molecule has 172 valence electrons. The number of nitrogens with zero attached hydrogens (tertiary/aromatic N) is 4. The lowest BCUT2D eigenvalue weighted by Crippen LogP contribution is -2.25. The molecule has 1 aliphatic rings. The highest BCUT2D eigenvalue weighted by Gasteiger charge is 2.23. The number of para-hydroxylation sites is 2. The molecule has 4 rings (SSSR count). The smallest absolute Gasteiger partial charge is 0.311 e. The molecule has 0 N–H and O–H groups in total. The standard InChI is InChI=1S/C25H28N4O4/c1-3-17(2)33-23-19(12-9-15-22(23)29(31)32)16-26-28-24(18-10-5-4-6-11-18)27-21-14-8-7-13-20(21)25(28)30/h7-9,12-18H,3-6,10-11H2,1-2H3/t17-/m1/s1. The highest BCUT2D eigenvalue weighted by Crippen LogP contribution is 2.33. The second-order valence-electron chi connectivity index (χ2n) is 8.47. The van der Waals surface area contributed by atoms with Crippen LogP contribution >= 0.6 is 0 Å². The van der Waals surface area contributed by atoms with Crippen LogP contribution in [0.25, 0.3) is 10.9 Å². The number of nitro benzene ring substituents is 1. The van der Waals surface area contributed by atoms with Crippen LogP contribution < -0.4 is 10.3 Å². The zero-order valence-electron chi connectivity index (χ0n) is 18.9. The number of rotatable bonds is 7. The lowest BCUT2D eigenvalue weighted by molar-refractivity contribution is -0.386. The summed E-state index contributed by atoms with van der Waals surface area (Å²) in [6, 6.07) is 12.0. The average Bonchev–Trinajstić information content (AvgIpc) is 2.84. The Labute approximate surface area is 192 Å². The number of benzene rings is 2. The molecule has 2 aromatic carbocycles. The van der Waals surface area contributed by atoms with Crippen LogP contribution in [-0.2, 0) is 0 Å². The van der Waals surface area contributed by atoms with Gasteiger partial charge in [-0.25, -0.2) is 4.98 Å². The highest BCUT2D eigenvalue weighted by atomic mass is 16.6. The summed E-state index contributed by atoms with van der Waals surface area (Å²) >= 11 is 0. The predicted octanol–water partition coefficient (Wildman–Crippen LogP) is 5.41. The van der Waals surface area contributed by atoms with Crippen molar-refractivity contribution in [3.05, 3.63) is 74.3 Å². The summed E-state index contributed by atoms with van der Waals surface area (Å²) in [6.45, 7) is 3.81. The predicted molar refractivity (Wildman–Crippen MR) is 128 cm³/mol. The van der Waals surface area contributed by atoms with Gasteiger partial charge in [0.1, 0.15) is 5.82 Å². The normalized spacial score (nSPS) is 15.7.